The molecule has 2 aliphatic rings. The predicted octanol–water partition coefficient (Wildman–Crippen LogP) is 2.55. The fraction of sp³-hybridized carbons (Fsp3) is 0.650. The smallest absolute Gasteiger partial charge is 0.304 e. The SMILES string of the molecule is COc1ccc(CC2(CNC3CC3)CCN(CCC(=O)O)CC2)cc1. The van der Waals surface area contributed by atoms with Crippen LogP contribution in [0.3, 0.4) is 0 Å². The molecule has 1 aliphatic carbocycles. The number of piperidine rings is 1. The first-order valence-electron chi connectivity index (χ1n) is 9.39. The van der Waals surface area contributed by atoms with Gasteiger partial charge in [0, 0.05) is 19.1 Å². The van der Waals surface area contributed by atoms with Crippen LogP contribution >= 0.6 is 0 Å². The lowest BCUT2D eigenvalue weighted by Gasteiger charge is -2.42. The van der Waals surface area contributed by atoms with Crippen molar-refractivity contribution in [2.75, 3.05) is 33.3 Å². The standard InChI is InChI=1S/C20H30N2O3/c1-25-18-6-2-16(3-7-18)14-20(15-21-17-4-5-17)9-12-22(13-10-20)11-8-19(23)24/h2-3,6-7,17,21H,4-5,8-15H2,1H3,(H,23,24). The maximum atomic E-state index is 10.8. The molecule has 0 bridgehead atoms. The molecule has 1 aromatic carbocycles. The maximum Gasteiger partial charge on any atom is 0.304 e. The van der Waals surface area contributed by atoms with Crippen LogP contribution in [0.4, 0.5) is 0 Å². The molecule has 0 spiro atoms. The molecule has 0 atom stereocenters. The summed E-state index contributed by atoms with van der Waals surface area (Å²) in [6, 6.07) is 9.15. The number of carbonyl (C=O) groups is 1. The van der Waals surface area contributed by atoms with Gasteiger partial charge in [-0.25, -0.2) is 0 Å². The molecule has 0 amide bonds. The molecular weight excluding hydrogens is 316 g/mol. The Balaban J connectivity index is 1.60. The Hall–Kier alpha value is -1.59. The van der Waals surface area contributed by atoms with Crippen LogP contribution in [0.25, 0.3) is 0 Å². The van der Waals surface area contributed by atoms with Crippen molar-refractivity contribution >= 4 is 5.97 Å². The Kier molecular flexibility index (Phi) is 5.97. The molecule has 2 N–H and O–H groups in total. The third kappa shape index (κ3) is 5.44. The highest BCUT2D eigenvalue weighted by molar-refractivity contribution is 5.66. The fourth-order valence-corrected chi connectivity index (χ4v) is 3.75. The lowest BCUT2D eigenvalue weighted by Crippen LogP contribution is -2.47. The Labute approximate surface area is 150 Å². The van der Waals surface area contributed by atoms with Crippen molar-refractivity contribution < 1.29 is 14.6 Å². The number of hydrogen-bond donors (Lipinski definition) is 2. The lowest BCUT2D eigenvalue weighted by atomic mass is 9.73. The van der Waals surface area contributed by atoms with Gasteiger partial charge in [0.15, 0.2) is 0 Å². The van der Waals surface area contributed by atoms with Crippen molar-refractivity contribution in [2.24, 2.45) is 5.41 Å². The second-order valence-corrected chi connectivity index (χ2v) is 7.67. The summed E-state index contributed by atoms with van der Waals surface area (Å²) in [6.45, 7) is 3.73. The number of aliphatic carboxylic acids is 1. The van der Waals surface area contributed by atoms with Gasteiger partial charge >= 0.3 is 5.97 Å². The number of carboxylic acid groups (broad SMARTS) is 1. The van der Waals surface area contributed by atoms with Gasteiger partial charge in [0.1, 0.15) is 5.75 Å². The monoisotopic (exact) mass is 346 g/mol. The number of rotatable bonds is 9. The van der Waals surface area contributed by atoms with Gasteiger partial charge in [-0.05, 0) is 68.3 Å². The molecule has 2 fully saturated rings. The molecule has 25 heavy (non-hydrogen) atoms. The molecule has 0 radical (unpaired) electrons. The van der Waals surface area contributed by atoms with Crippen LogP contribution in [0, 0.1) is 5.41 Å². The summed E-state index contributed by atoms with van der Waals surface area (Å²) >= 11 is 0. The van der Waals surface area contributed by atoms with Gasteiger partial charge in [0.2, 0.25) is 0 Å². The first kappa shape index (κ1) is 18.2. The van der Waals surface area contributed by atoms with E-state index in [0.29, 0.717) is 6.54 Å². The fourth-order valence-electron chi connectivity index (χ4n) is 3.75. The molecule has 1 saturated carbocycles. The van der Waals surface area contributed by atoms with Crippen LogP contribution in [0.1, 0.15) is 37.7 Å². The van der Waals surface area contributed by atoms with E-state index in [4.69, 9.17) is 9.84 Å². The number of nitrogens with zero attached hydrogens (tertiary/aromatic N) is 1. The summed E-state index contributed by atoms with van der Waals surface area (Å²) in [5.74, 6) is 0.197. The zero-order valence-electron chi connectivity index (χ0n) is 15.2. The van der Waals surface area contributed by atoms with Gasteiger partial charge in [-0.2, -0.15) is 0 Å². The molecule has 5 heteroatoms. The quantitative estimate of drug-likeness (QED) is 0.719. The minimum absolute atomic E-state index is 0.242. The minimum Gasteiger partial charge on any atom is -0.497 e. The highest BCUT2D eigenvalue weighted by Crippen LogP contribution is 2.36. The highest BCUT2D eigenvalue weighted by atomic mass is 16.5. The molecule has 1 heterocycles. The molecule has 3 rings (SSSR count). The topological polar surface area (TPSA) is 61.8 Å². The third-order valence-corrected chi connectivity index (χ3v) is 5.64. The van der Waals surface area contributed by atoms with Crippen molar-refractivity contribution in [3.8, 4) is 5.75 Å². The molecule has 1 saturated heterocycles. The van der Waals surface area contributed by atoms with Gasteiger partial charge in [-0.15, -0.1) is 0 Å². The van der Waals surface area contributed by atoms with Crippen LogP contribution in [0.2, 0.25) is 0 Å². The number of likely N-dealkylation sites (tertiary alicyclic amines) is 1. The summed E-state index contributed by atoms with van der Waals surface area (Å²) in [7, 11) is 1.70. The van der Waals surface area contributed by atoms with Gasteiger partial charge in [-0.3, -0.25) is 4.79 Å². The maximum absolute atomic E-state index is 10.8. The molecule has 1 aromatic rings. The zero-order valence-corrected chi connectivity index (χ0v) is 15.2. The second-order valence-electron chi connectivity index (χ2n) is 7.67. The summed E-state index contributed by atoms with van der Waals surface area (Å²) in [6.07, 6.45) is 6.18. The predicted molar refractivity (Wildman–Crippen MR) is 98.1 cm³/mol. The average molecular weight is 346 g/mol. The van der Waals surface area contributed by atoms with E-state index in [1.807, 2.05) is 12.1 Å². The van der Waals surface area contributed by atoms with E-state index in [1.165, 1.54) is 18.4 Å². The number of ether oxygens (including phenoxy) is 1. The third-order valence-electron chi connectivity index (χ3n) is 5.64. The van der Waals surface area contributed by atoms with Crippen LogP contribution in [-0.2, 0) is 11.2 Å². The Bertz CT molecular complexity index is 561. The second kappa shape index (κ2) is 8.19. The van der Waals surface area contributed by atoms with E-state index in [-0.39, 0.29) is 11.8 Å². The van der Waals surface area contributed by atoms with Gasteiger partial charge in [0.05, 0.1) is 13.5 Å². The normalized spacial score (nSPS) is 20.4. The summed E-state index contributed by atoms with van der Waals surface area (Å²) in [5.41, 5.74) is 1.63. The Morgan fingerprint density at radius 2 is 1.96 bits per heavy atom. The number of hydrogen-bond acceptors (Lipinski definition) is 4. The molecule has 5 nitrogen and oxygen atoms in total. The largest absolute Gasteiger partial charge is 0.497 e. The van der Waals surface area contributed by atoms with E-state index < -0.39 is 5.97 Å². The molecule has 138 valence electrons. The zero-order chi connectivity index (χ0) is 17.7. The molecule has 0 aromatic heterocycles. The number of nitrogens with one attached hydrogen (secondary N) is 1. The highest BCUT2D eigenvalue weighted by Gasteiger charge is 2.36. The van der Waals surface area contributed by atoms with E-state index in [9.17, 15) is 4.79 Å². The summed E-state index contributed by atoms with van der Waals surface area (Å²) in [5, 5.41) is 12.6. The van der Waals surface area contributed by atoms with Crippen molar-refractivity contribution in [3.05, 3.63) is 29.8 Å². The summed E-state index contributed by atoms with van der Waals surface area (Å²) < 4.78 is 5.26. The molecule has 0 unspecified atom stereocenters. The lowest BCUT2D eigenvalue weighted by molar-refractivity contribution is -0.137. The van der Waals surface area contributed by atoms with Gasteiger partial charge < -0.3 is 20.1 Å². The molecular formula is C20H30N2O3. The average Bonchev–Trinajstić information content (AvgIpc) is 3.45. The van der Waals surface area contributed by atoms with E-state index in [0.717, 1.165) is 50.7 Å². The van der Waals surface area contributed by atoms with Crippen molar-refractivity contribution in [1.82, 2.24) is 10.2 Å². The van der Waals surface area contributed by atoms with Crippen LogP contribution in [-0.4, -0.2) is 55.3 Å². The van der Waals surface area contributed by atoms with Crippen molar-refractivity contribution in [1.29, 1.82) is 0 Å². The number of methoxy groups -OCH3 is 1. The first-order chi connectivity index (χ1) is 12.1. The Morgan fingerprint density at radius 3 is 2.52 bits per heavy atom. The minimum atomic E-state index is -0.703. The van der Waals surface area contributed by atoms with Crippen LogP contribution in [0.15, 0.2) is 24.3 Å². The van der Waals surface area contributed by atoms with E-state index in [1.54, 1.807) is 7.11 Å². The summed E-state index contributed by atoms with van der Waals surface area (Å²) in [4.78, 5) is 13.1. The number of carboxylic acids is 1. The van der Waals surface area contributed by atoms with Gasteiger partial charge in [-0.1, -0.05) is 12.1 Å². The van der Waals surface area contributed by atoms with Crippen molar-refractivity contribution in [2.45, 2.75) is 44.6 Å². The van der Waals surface area contributed by atoms with Gasteiger partial charge in [0.25, 0.3) is 0 Å². The van der Waals surface area contributed by atoms with E-state index in [2.05, 4.69) is 22.3 Å². The molecule has 1 aliphatic heterocycles. The van der Waals surface area contributed by atoms with Crippen molar-refractivity contribution in [3.63, 3.8) is 0 Å². The number of benzene rings is 1. The first-order valence-corrected chi connectivity index (χ1v) is 9.39. The van der Waals surface area contributed by atoms with Crippen LogP contribution < -0.4 is 10.1 Å². The van der Waals surface area contributed by atoms with E-state index >= 15 is 0 Å². The van der Waals surface area contributed by atoms with Crippen LogP contribution in [0.5, 0.6) is 5.75 Å². The Morgan fingerprint density at radius 1 is 1.28 bits per heavy atom.